The summed E-state index contributed by atoms with van der Waals surface area (Å²) in [6.07, 6.45) is -4.61. The molecule has 0 aliphatic rings. The van der Waals surface area contributed by atoms with Gasteiger partial charge in [-0.25, -0.2) is 9.97 Å². The van der Waals surface area contributed by atoms with E-state index in [4.69, 9.17) is 0 Å². The Hall–Kier alpha value is -1.70. The van der Waals surface area contributed by atoms with E-state index in [1.807, 2.05) is 0 Å². The van der Waals surface area contributed by atoms with E-state index in [-0.39, 0.29) is 18.6 Å². The van der Waals surface area contributed by atoms with Crippen molar-refractivity contribution in [2.45, 2.75) is 25.6 Å². The number of hydrogen-bond acceptors (Lipinski definition) is 5. The molecule has 1 aromatic heterocycles. The first-order valence-corrected chi connectivity index (χ1v) is 5.07. The Labute approximate surface area is 101 Å². The van der Waals surface area contributed by atoms with Crippen molar-refractivity contribution in [2.24, 2.45) is 0 Å². The van der Waals surface area contributed by atoms with Gasteiger partial charge < -0.3 is 9.84 Å². The van der Waals surface area contributed by atoms with Crippen LogP contribution in [-0.4, -0.2) is 27.7 Å². The van der Waals surface area contributed by atoms with Crippen LogP contribution in [0.2, 0.25) is 0 Å². The Kier molecular flexibility index (Phi) is 4.60. The fraction of sp³-hybridized carbons (Fsp3) is 0.500. The number of ether oxygens (including phenoxy) is 1. The smallest absolute Gasteiger partial charge is 0.451 e. The van der Waals surface area contributed by atoms with Gasteiger partial charge in [-0.3, -0.25) is 4.79 Å². The minimum atomic E-state index is -4.63. The average Bonchev–Trinajstić information content (AvgIpc) is 2.28. The normalized spacial score (nSPS) is 13.2. The highest BCUT2D eigenvalue weighted by Crippen LogP contribution is 2.26. The predicted molar refractivity (Wildman–Crippen MR) is 53.2 cm³/mol. The van der Waals surface area contributed by atoms with Crippen molar-refractivity contribution in [3.05, 3.63) is 23.8 Å². The fourth-order valence-corrected chi connectivity index (χ4v) is 1.15. The molecule has 0 bridgehead atoms. The average molecular weight is 264 g/mol. The SMILES string of the molecule is CCOC(=O)CC(O)c1cnc(C(F)(F)F)nc1. The van der Waals surface area contributed by atoms with Crippen molar-refractivity contribution in [3.8, 4) is 0 Å². The third kappa shape index (κ3) is 3.95. The Balaban J connectivity index is 2.70. The van der Waals surface area contributed by atoms with Crippen LogP contribution in [0.3, 0.4) is 0 Å². The molecule has 0 spiro atoms. The largest absolute Gasteiger partial charge is 0.466 e. The van der Waals surface area contributed by atoms with E-state index in [1.54, 1.807) is 6.92 Å². The summed E-state index contributed by atoms with van der Waals surface area (Å²) in [5.41, 5.74) is 0.0241. The number of nitrogens with zero attached hydrogens (tertiary/aromatic N) is 2. The van der Waals surface area contributed by atoms with Gasteiger partial charge in [-0.2, -0.15) is 13.2 Å². The second kappa shape index (κ2) is 5.76. The Morgan fingerprint density at radius 3 is 2.44 bits per heavy atom. The summed E-state index contributed by atoms with van der Waals surface area (Å²) in [5.74, 6) is -1.94. The second-order valence-corrected chi connectivity index (χ2v) is 3.36. The molecular formula is C10H11F3N2O3. The van der Waals surface area contributed by atoms with Gasteiger partial charge in [-0.05, 0) is 6.92 Å². The molecule has 0 saturated heterocycles. The molecule has 18 heavy (non-hydrogen) atoms. The maximum atomic E-state index is 12.2. The number of esters is 1. The van der Waals surface area contributed by atoms with Crippen LogP contribution in [0, 0.1) is 0 Å². The van der Waals surface area contributed by atoms with Crippen LogP contribution in [0.5, 0.6) is 0 Å². The monoisotopic (exact) mass is 264 g/mol. The molecule has 0 aliphatic heterocycles. The number of aliphatic hydroxyl groups excluding tert-OH is 1. The topological polar surface area (TPSA) is 72.3 Å². The molecular weight excluding hydrogens is 253 g/mol. The third-order valence-corrected chi connectivity index (χ3v) is 1.98. The summed E-state index contributed by atoms with van der Waals surface area (Å²) in [5, 5.41) is 9.55. The molecule has 0 aromatic carbocycles. The highest BCUT2D eigenvalue weighted by Gasteiger charge is 2.34. The van der Waals surface area contributed by atoms with E-state index in [0.717, 1.165) is 12.4 Å². The molecule has 1 rings (SSSR count). The summed E-state index contributed by atoms with van der Waals surface area (Å²) in [6.45, 7) is 1.76. The van der Waals surface area contributed by atoms with Crippen molar-refractivity contribution in [1.29, 1.82) is 0 Å². The summed E-state index contributed by atoms with van der Waals surface area (Å²) in [6, 6.07) is 0. The number of halogens is 3. The Morgan fingerprint density at radius 2 is 2.00 bits per heavy atom. The molecule has 1 aromatic rings. The molecule has 0 aliphatic carbocycles. The second-order valence-electron chi connectivity index (χ2n) is 3.36. The lowest BCUT2D eigenvalue weighted by Gasteiger charge is -2.10. The van der Waals surface area contributed by atoms with Gasteiger partial charge in [0.25, 0.3) is 0 Å². The molecule has 0 saturated carbocycles. The number of rotatable bonds is 4. The number of aliphatic hydroxyl groups is 1. The molecule has 1 N–H and O–H groups in total. The standard InChI is InChI=1S/C10H11F3N2O3/c1-2-18-8(17)3-7(16)6-4-14-9(15-5-6)10(11,12)13/h4-5,7,16H,2-3H2,1H3. The van der Waals surface area contributed by atoms with E-state index in [9.17, 15) is 23.1 Å². The number of hydrogen-bond donors (Lipinski definition) is 1. The van der Waals surface area contributed by atoms with E-state index < -0.39 is 24.1 Å². The van der Waals surface area contributed by atoms with Crippen LogP contribution in [0.15, 0.2) is 12.4 Å². The highest BCUT2D eigenvalue weighted by molar-refractivity contribution is 5.70. The molecule has 0 fully saturated rings. The summed E-state index contributed by atoms with van der Waals surface area (Å²) in [7, 11) is 0. The zero-order valence-electron chi connectivity index (χ0n) is 9.44. The molecule has 100 valence electrons. The van der Waals surface area contributed by atoms with E-state index in [0.29, 0.717) is 0 Å². The van der Waals surface area contributed by atoms with Gasteiger partial charge in [0, 0.05) is 18.0 Å². The predicted octanol–water partition coefficient (Wildman–Crippen LogP) is 1.48. The third-order valence-electron chi connectivity index (χ3n) is 1.98. The molecule has 1 atom stereocenters. The van der Waals surface area contributed by atoms with Gasteiger partial charge in [0.05, 0.1) is 19.1 Å². The van der Waals surface area contributed by atoms with Crippen LogP contribution in [-0.2, 0) is 15.7 Å². The molecule has 5 nitrogen and oxygen atoms in total. The van der Waals surface area contributed by atoms with E-state index in [1.165, 1.54) is 0 Å². The highest BCUT2D eigenvalue weighted by atomic mass is 19.4. The fourth-order valence-electron chi connectivity index (χ4n) is 1.15. The van der Waals surface area contributed by atoms with Crippen molar-refractivity contribution < 1.29 is 27.8 Å². The van der Waals surface area contributed by atoms with Gasteiger partial charge in [-0.1, -0.05) is 0 Å². The van der Waals surface area contributed by atoms with Crippen molar-refractivity contribution in [2.75, 3.05) is 6.61 Å². The minimum Gasteiger partial charge on any atom is -0.466 e. The van der Waals surface area contributed by atoms with Gasteiger partial charge in [0.2, 0.25) is 5.82 Å². The van der Waals surface area contributed by atoms with Crippen LogP contribution >= 0.6 is 0 Å². The van der Waals surface area contributed by atoms with Gasteiger partial charge in [-0.15, -0.1) is 0 Å². The lowest BCUT2D eigenvalue weighted by atomic mass is 10.1. The maximum absolute atomic E-state index is 12.2. The Bertz CT molecular complexity index is 406. The lowest BCUT2D eigenvalue weighted by molar-refractivity contribution is -0.146. The zero-order valence-corrected chi connectivity index (χ0v) is 9.44. The molecule has 8 heteroatoms. The number of carbonyl (C=O) groups excluding carboxylic acids is 1. The van der Waals surface area contributed by atoms with Gasteiger partial charge >= 0.3 is 12.1 Å². The van der Waals surface area contributed by atoms with Gasteiger partial charge in [0.1, 0.15) is 0 Å². The van der Waals surface area contributed by atoms with Gasteiger partial charge in [0.15, 0.2) is 0 Å². The lowest BCUT2D eigenvalue weighted by Crippen LogP contribution is -2.13. The summed E-state index contributed by atoms with van der Waals surface area (Å²) >= 11 is 0. The Morgan fingerprint density at radius 1 is 1.44 bits per heavy atom. The molecule has 0 radical (unpaired) electrons. The van der Waals surface area contributed by atoms with Crippen molar-refractivity contribution >= 4 is 5.97 Å². The first kappa shape index (κ1) is 14.4. The number of aromatic nitrogens is 2. The van der Waals surface area contributed by atoms with E-state index in [2.05, 4.69) is 14.7 Å². The summed E-state index contributed by atoms with van der Waals surface area (Å²) < 4.78 is 41.1. The maximum Gasteiger partial charge on any atom is 0.451 e. The minimum absolute atomic E-state index is 0.0241. The van der Waals surface area contributed by atoms with Crippen molar-refractivity contribution in [1.82, 2.24) is 9.97 Å². The van der Waals surface area contributed by atoms with Crippen LogP contribution in [0.1, 0.15) is 30.8 Å². The van der Waals surface area contributed by atoms with Crippen LogP contribution in [0.25, 0.3) is 0 Å². The van der Waals surface area contributed by atoms with Crippen molar-refractivity contribution in [3.63, 3.8) is 0 Å². The van der Waals surface area contributed by atoms with Crippen LogP contribution < -0.4 is 0 Å². The molecule has 1 heterocycles. The zero-order chi connectivity index (χ0) is 13.8. The summed E-state index contributed by atoms with van der Waals surface area (Å²) in [4.78, 5) is 17.2. The quantitative estimate of drug-likeness (QED) is 0.834. The molecule has 0 amide bonds. The first-order valence-electron chi connectivity index (χ1n) is 5.07. The van der Waals surface area contributed by atoms with E-state index >= 15 is 0 Å². The number of alkyl halides is 3. The number of carbonyl (C=O) groups is 1. The molecule has 1 unspecified atom stereocenters. The van der Waals surface area contributed by atoms with Crippen LogP contribution in [0.4, 0.5) is 13.2 Å². The first-order chi connectivity index (χ1) is 8.34.